The lowest BCUT2D eigenvalue weighted by Gasteiger charge is -2.14. The van der Waals surface area contributed by atoms with E-state index in [1.807, 2.05) is 0 Å². The molecule has 1 unspecified atom stereocenters. The number of halogens is 1. The van der Waals surface area contributed by atoms with Crippen molar-refractivity contribution in [3.63, 3.8) is 0 Å². The Bertz CT molecular complexity index is 431. The van der Waals surface area contributed by atoms with E-state index >= 15 is 0 Å². The molecule has 1 aromatic rings. The number of rotatable bonds is 6. The van der Waals surface area contributed by atoms with Crippen molar-refractivity contribution >= 4 is 21.6 Å². The Morgan fingerprint density at radius 2 is 2.38 bits per heavy atom. The summed E-state index contributed by atoms with van der Waals surface area (Å²) in [4.78, 5) is 0. The number of hydrogen-bond donors (Lipinski definition) is 1. The van der Waals surface area contributed by atoms with Gasteiger partial charge in [-0.25, -0.2) is 13.1 Å². The molecule has 1 aromatic heterocycles. The van der Waals surface area contributed by atoms with Crippen LogP contribution in [0.15, 0.2) is 17.3 Å². The third-order valence-corrected chi connectivity index (χ3v) is 3.89. The normalized spacial score (nSPS) is 13.9. The maximum atomic E-state index is 11.9. The van der Waals surface area contributed by atoms with E-state index in [9.17, 15) is 8.42 Å². The molecule has 0 fully saturated rings. The molecule has 6 nitrogen and oxygen atoms in total. The Morgan fingerprint density at radius 3 is 2.81 bits per heavy atom. The van der Waals surface area contributed by atoms with Crippen molar-refractivity contribution < 1.29 is 13.2 Å². The molecular formula is C8H14ClN3O3S. The van der Waals surface area contributed by atoms with Crippen LogP contribution in [-0.4, -0.2) is 43.8 Å². The van der Waals surface area contributed by atoms with Gasteiger partial charge in [-0.3, -0.25) is 4.68 Å². The maximum absolute atomic E-state index is 11.9. The van der Waals surface area contributed by atoms with Gasteiger partial charge in [0.05, 0.1) is 18.8 Å². The second kappa shape index (κ2) is 5.62. The second-order valence-corrected chi connectivity index (χ2v) is 5.19. The number of nitrogens with one attached hydrogen (secondary N) is 1. The SMILES string of the molecule is COCC(CCl)NS(=O)(=O)c1ccnn1C. The number of sulfonamides is 1. The lowest BCUT2D eigenvalue weighted by Crippen LogP contribution is -2.39. The third kappa shape index (κ3) is 3.18. The zero-order chi connectivity index (χ0) is 12.2. The highest BCUT2D eigenvalue weighted by atomic mass is 35.5. The molecule has 0 aromatic carbocycles. The molecule has 0 saturated carbocycles. The predicted molar refractivity (Wildman–Crippen MR) is 59.9 cm³/mol. The molecule has 1 rings (SSSR count). The van der Waals surface area contributed by atoms with Crippen molar-refractivity contribution in [2.75, 3.05) is 19.6 Å². The van der Waals surface area contributed by atoms with Crippen molar-refractivity contribution in [3.05, 3.63) is 12.3 Å². The molecule has 1 N–H and O–H groups in total. The van der Waals surface area contributed by atoms with Gasteiger partial charge in [-0.05, 0) is 6.07 Å². The molecule has 0 bridgehead atoms. The van der Waals surface area contributed by atoms with Crippen molar-refractivity contribution in [2.45, 2.75) is 11.1 Å². The van der Waals surface area contributed by atoms with Crippen LogP contribution in [0.4, 0.5) is 0 Å². The Balaban J connectivity index is 2.83. The summed E-state index contributed by atoms with van der Waals surface area (Å²) in [6.45, 7) is 0.223. The number of hydrogen-bond acceptors (Lipinski definition) is 4. The topological polar surface area (TPSA) is 73.2 Å². The summed E-state index contributed by atoms with van der Waals surface area (Å²) in [7, 11) is -0.555. The van der Waals surface area contributed by atoms with Gasteiger partial charge in [0.1, 0.15) is 0 Å². The Kier molecular flexibility index (Phi) is 4.72. The first-order chi connectivity index (χ1) is 7.51. The van der Waals surface area contributed by atoms with Gasteiger partial charge >= 0.3 is 0 Å². The molecule has 0 radical (unpaired) electrons. The number of alkyl halides is 1. The van der Waals surface area contributed by atoms with E-state index in [0.717, 1.165) is 0 Å². The predicted octanol–water partition coefficient (Wildman–Crippen LogP) is -0.0478. The number of nitrogens with zero attached hydrogens (tertiary/aromatic N) is 2. The van der Waals surface area contributed by atoms with Crippen molar-refractivity contribution in [3.8, 4) is 0 Å². The van der Waals surface area contributed by atoms with E-state index in [-0.39, 0.29) is 17.5 Å². The minimum Gasteiger partial charge on any atom is -0.383 e. The fourth-order valence-electron chi connectivity index (χ4n) is 1.22. The minimum atomic E-state index is -3.60. The summed E-state index contributed by atoms with van der Waals surface area (Å²) < 4.78 is 32.3. The standard InChI is InChI=1S/C8H14ClN3O3S/c1-12-8(3-4-10-12)16(13,14)11-7(5-9)6-15-2/h3-4,7,11H,5-6H2,1-2H3. The molecule has 1 heterocycles. The number of aryl methyl sites for hydroxylation is 1. The van der Waals surface area contributed by atoms with Crippen molar-refractivity contribution in [2.24, 2.45) is 7.05 Å². The highest BCUT2D eigenvalue weighted by molar-refractivity contribution is 7.89. The molecule has 0 aliphatic rings. The van der Waals surface area contributed by atoms with Gasteiger partial charge in [-0.15, -0.1) is 11.6 Å². The summed E-state index contributed by atoms with van der Waals surface area (Å²) in [5.74, 6) is 0.144. The van der Waals surface area contributed by atoms with Gasteiger partial charge in [0.15, 0.2) is 5.03 Å². The van der Waals surface area contributed by atoms with E-state index in [0.29, 0.717) is 0 Å². The summed E-state index contributed by atoms with van der Waals surface area (Å²) in [5.41, 5.74) is 0. The molecule has 8 heteroatoms. The molecule has 0 aliphatic heterocycles. The monoisotopic (exact) mass is 267 g/mol. The lowest BCUT2D eigenvalue weighted by atomic mass is 10.4. The average molecular weight is 268 g/mol. The van der Waals surface area contributed by atoms with E-state index in [2.05, 4.69) is 9.82 Å². The van der Waals surface area contributed by atoms with Gasteiger partial charge in [-0.2, -0.15) is 5.10 Å². The number of methoxy groups -OCH3 is 1. The van der Waals surface area contributed by atoms with E-state index < -0.39 is 16.1 Å². The van der Waals surface area contributed by atoms with E-state index in [1.165, 1.54) is 24.1 Å². The van der Waals surface area contributed by atoms with Crippen LogP contribution in [-0.2, 0) is 21.8 Å². The highest BCUT2D eigenvalue weighted by Crippen LogP contribution is 2.07. The van der Waals surface area contributed by atoms with Gasteiger partial charge < -0.3 is 4.74 Å². The molecule has 0 aliphatic carbocycles. The van der Waals surface area contributed by atoms with Gasteiger partial charge in [0.2, 0.25) is 0 Å². The van der Waals surface area contributed by atoms with E-state index in [1.54, 1.807) is 7.05 Å². The fraction of sp³-hybridized carbons (Fsp3) is 0.625. The second-order valence-electron chi connectivity index (χ2n) is 3.22. The van der Waals surface area contributed by atoms with Gasteiger partial charge in [0.25, 0.3) is 10.0 Å². The summed E-state index contributed by atoms with van der Waals surface area (Å²) in [6, 6.07) is 0.965. The van der Waals surface area contributed by atoms with Gasteiger partial charge in [-0.1, -0.05) is 0 Å². The van der Waals surface area contributed by atoms with Crippen LogP contribution < -0.4 is 4.72 Å². The highest BCUT2D eigenvalue weighted by Gasteiger charge is 2.22. The zero-order valence-corrected chi connectivity index (χ0v) is 10.6. The molecule has 0 amide bonds. The summed E-state index contributed by atoms with van der Waals surface area (Å²) in [6.07, 6.45) is 1.42. The molecule has 0 spiro atoms. The van der Waals surface area contributed by atoms with Crippen LogP contribution >= 0.6 is 11.6 Å². The molecule has 92 valence electrons. The van der Waals surface area contributed by atoms with Crippen LogP contribution in [0.2, 0.25) is 0 Å². The molecule has 0 saturated heterocycles. The van der Waals surface area contributed by atoms with Crippen LogP contribution in [0.3, 0.4) is 0 Å². The summed E-state index contributed by atoms with van der Waals surface area (Å²) in [5, 5.41) is 3.89. The first-order valence-electron chi connectivity index (χ1n) is 4.56. The maximum Gasteiger partial charge on any atom is 0.258 e. The average Bonchev–Trinajstić information content (AvgIpc) is 2.64. The molecule has 1 atom stereocenters. The first kappa shape index (κ1) is 13.4. The van der Waals surface area contributed by atoms with Crippen LogP contribution in [0.5, 0.6) is 0 Å². The first-order valence-corrected chi connectivity index (χ1v) is 6.58. The summed E-state index contributed by atoms with van der Waals surface area (Å²) >= 11 is 5.62. The van der Waals surface area contributed by atoms with Crippen LogP contribution in [0.25, 0.3) is 0 Å². The largest absolute Gasteiger partial charge is 0.383 e. The Morgan fingerprint density at radius 1 is 1.69 bits per heavy atom. The smallest absolute Gasteiger partial charge is 0.258 e. The van der Waals surface area contributed by atoms with Gasteiger partial charge in [0, 0.05) is 20.0 Å². The third-order valence-electron chi connectivity index (χ3n) is 1.93. The van der Waals surface area contributed by atoms with Crippen LogP contribution in [0.1, 0.15) is 0 Å². The zero-order valence-electron chi connectivity index (χ0n) is 9.05. The van der Waals surface area contributed by atoms with Crippen molar-refractivity contribution in [1.29, 1.82) is 0 Å². The van der Waals surface area contributed by atoms with Crippen LogP contribution in [0, 0.1) is 0 Å². The Labute approximate surface area is 99.6 Å². The quantitative estimate of drug-likeness (QED) is 0.734. The van der Waals surface area contributed by atoms with Crippen molar-refractivity contribution in [1.82, 2.24) is 14.5 Å². The molecule has 16 heavy (non-hydrogen) atoms. The Hall–Kier alpha value is -0.630. The fourth-order valence-corrected chi connectivity index (χ4v) is 2.82. The lowest BCUT2D eigenvalue weighted by molar-refractivity contribution is 0.181. The molecular weight excluding hydrogens is 254 g/mol. The number of aromatic nitrogens is 2. The minimum absolute atomic E-state index is 0.0960. The van der Waals surface area contributed by atoms with E-state index in [4.69, 9.17) is 16.3 Å². The number of ether oxygens (including phenoxy) is 1.